The molecule has 0 aromatic heterocycles. The van der Waals surface area contributed by atoms with E-state index in [1.54, 1.807) is 31.2 Å². The fourth-order valence-corrected chi connectivity index (χ4v) is 3.79. The lowest BCUT2D eigenvalue weighted by Gasteiger charge is -2.30. The molecule has 0 radical (unpaired) electrons. The van der Waals surface area contributed by atoms with Crippen molar-refractivity contribution in [1.29, 1.82) is 0 Å². The SMILES string of the molecule is CC1CCCN(S(=O)(=O)Nc2ccc(C(C)O)cc2)C1. The first-order valence-corrected chi connectivity index (χ1v) is 8.38. The Bertz CT molecular complexity index is 540. The molecule has 2 N–H and O–H groups in total. The van der Waals surface area contributed by atoms with Crippen molar-refractivity contribution in [3.05, 3.63) is 29.8 Å². The molecular weight excluding hydrogens is 276 g/mol. The average molecular weight is 298 g/mol. The summed E-state index contributed by atoms with van der Waals surface area (Å²) in [6.45, 7) is 4.89. The van der Waals surface area contributed by atoms with E-state index in [1.807, 2.05) is 0 Å². The number of nitrogens with zero attached hydrogens (tertiary/aromatic N) is 1. The molecule has 0 aliphatic carbocycles. The van der Waals surface area contributed by atoms with E-state index in [4.69, 9.17) is 0 Å². The summed E-state index contributed by atoms with van der Waals surface area (Å²) < 4.78 is 28.7. The molecule has 5 nitrogen and oxygen atoms in total. The molecule has 1 fully saturated rings. The number of rotatable bonds is 4. The lowest BCUT2D eigenvalue weighted by atomic mass is 10.0. The second-order valence-corrected chi connectivity index (χ2v) is 7.18. The van der Waals surface area contributed by atoms with Gasteiger partial charge in [-0.3, -0.25) is 4.72 Å². The van der Waals surface area contributed by atoms with E-state index in [9.17, 15) is 13.5 Å². The number of anilines is 1. The zero-order valence-electron chi connectivity index (χ0n) is 11.9. The van der Waals surface area contributed by atoms with Crippen molar-refractivity contribution < 1.29 is 13.5 Å². The van der Waals surface area contributed by atoms with E-state index < -0.39 is 16.3 Å². The Morgan fingerprint density at radius 2 is 2.00 bits per heavy atom. The van der Waals surface area contributed by atoms with Crippen molar-refractivity contribution in [2.45, 2.75) is 32.8 Å². The van der Waals surface area contributed by atoms with Crippen LogP contribution in [-0.4, -0.2) is 30.9 Å². The monoisotopic (exact) mass is 298 g/mol. The van der Waals surface area contributed by atoms with E-state index in [0.29, 0.717) is 24.7 Å². The quantitative estimate of drug-likeness (QED) is 0.894. The first-order valence-electron chi connectivity index (χ1n) is 6.94. The van der Waals surface area contributed by atoms with Gasteiger partial charge in [0.05, 0.1) is 6.10 Å². The molecule has 112 valence electrons. The Balaban J connectivity index is 2.07. The van der Waals surface area contributed by atoms with Gasteiger partial charge < -0.3 is 5.11 Å². The second kappa shape index (κ2) is 6.11. The third-order valence-electron chi connectivity index (χ3n) is 3.60. The van der Waals surface area contributed by atoms with Crippen LogP contribution in [0.4, 0.5) is 5.69 Å². The molecule has 2 rings (SSSR count). The summed E-state index contributed by atoms with van der Waals surface area (Å²) in [5, 5.41) is 9.43. The third kappa shape index (κ3) is 3.71. The molecule has 0 bridgehead atoms. The lowest BCUT2D eigenvalue weighted by Crippen LogP contribution is -2.42. The molecule has 1 aliphatic rings. The maximum atomic E-state index is 12.3. The highest BCUT2D eigenvalue weighted by Crippen LogP contribution is 2.21. The van der Waals surface area contributed by atoms with Crippen molar-refractivity contribution in [3.63, 3.8) is 0 Å². The zero-order chi connectivity index (χ0) is 14.8. The molecule has 1 aromatic rings. The van der Waals surface area contributed by atoms with Gasteiger partial charge in [0.1, 0.15) is 0 Å². The Kier molecular flexibility index (Phi) is 4.67. The van der Waals surface area contributed by atoms with Crippen molar-refractivity contribution in [2.75, 3.05) is 17.8 Å². The summed E-state index contributed by atoms with van der Waals surface area (Å²) in [6.07, 6.45) is 1.43. The highest BCUT2D eigenvalue weighted by Gasteiger charge is 2.26. The number of piperidine rings is 1. The molecule has 1 aromatic carbocycles. The number of hydrogen-bond acceptors (Lipinski definition) is 3. The van der Waals surface area contributed by atoms with Gasteiger partial charge in [-0.2, -0.15) is 12.7 Å². The molecular formula is C14H22N2O3S. The van der Waals surface area contributed by atoms with Gasteiger partial charge in [0, 0.05) is 18.8 Å². The summed E-state index contributed by atoms with van der Waals surface area (Å²) in [5.74, 6) is 0.401. The highest BCUT2D eigenvalue weighted by molar-refractivity contribution is 7.90. The van der Waals surface area contributed by atoms with E-state index in [2.05, 4.69) is 11.6 Å². The van der Waals surface area contributed by atoms with E-state index in [1.165, 1.54) is 4.31 Å². The standard InChI is InChI=1S/C14H22N2O3S/c1-11-4-3-9-16(10-11)20(18,19)15-14-7-5-13(6-8-14)12(2)17/h5-8,11-12,15,17H,3-4,9-10H2,1-2H3. The van der Waals surface area contributed by atoms with E-state index in [0.717, 1.165) is 18.4 Å². The van der Waals surface area contributed by atoms with Gasteiger partial charge in [-0.15, -0.1) is 0 Å². The maximum absolute atomic E-state index is 12.3. The number of aliphatic hydroxyl groups is 1. The molecule has 2 unspecified atom stereocenters. The van der Waals surface area contributed by atoms with E-state index in [-0.39, 0.29) is 0 Å². The Labute approximate surface area is 120 Å². The van der Waals surface area contributed by atoms with Crippen molar-refractivity contribution in [1.82, 2.24) is 4.31 Å². The fraction of sp³-hybridized carbons (Fsp3) is 0.571. The predicted octanol–water partition coefficient (Wildman–Crippen LogP) is 2.13. The minimum atomic E-state index is -3.48. The number of nitrogens with one attached hydrogen (secondary N) is 1. The molecule has 2 atom stereocenters. The Hall–Kier alpha value is -1.11. The molecule has 1 aliphatic heterocycles. The molecule has 0 spiro atoms. The highest BCUT2D eigenvalue weighted by atomic mass is 32.2. The lowest BCUT2D eigenvalue weighted by molar-refractivity contribution is 0.199. The van der Waals surface area contributed by atoms with E-state index >= 15 is 0 Å². The van der Waals surface area contributed by atoms with Gasteiger partial charge in [-0.1, -0.05) is 19.1 Å². The average Bonchev–Trinajstić information content (AvgIpc) is 2.39. The van der Waals surface area contributed by atoms with Crippen LogP contribution in [0, 0.1) is 5.92 Å². The molecule has 20 heavy (non-hydrogen) atoms. The normalized spacial score (nSPS) is 22.4. The van der Waals surface area contributed by atoms with Gasteiger partial charge in [0.15, 0.2) is 0 Å². The van der Waals surface area contributed by atoms with Crippen LogP contribution in [-0.2, 0) is 10.2 Å². The van der Waals surface area contributed by atoms with Gasteiger partial charge in [0.25, 0.3) is 0 Å². The van der Waals surface area contributed by atoms with Crippen LogP contribution in [0.15, 0.2) is 24.3 Å². The maximum Gasteiger partial charge on any atom is 0.301 e. The first-order chi connectivity index (χ1) is 9.38. The summed E-state index contributed by atoms with van der Waals surface area (Å²) >= 11 is 0. The van der Waals surface area contributed by atoms with Crippen molar-refractivity contribution in [2.24, 2.45) is 5.92 Å². The van der Waals surface area contributed by atoms with Crippen molar-refractivity contribution >= 4 is 15.9 Å². The Morgan fingerprint density at radius 1 is 1.35 bits per heavy atom. The zero-order valence-corrected chi connectivity index (χ0v) is 12.7. The van der Waals surface area contributed by atoms with Crippen LogP contribution in [0.25, 0.3) is 0 Å². The third-order valence-corrected chi connectivity index (χ3v) is 5.10. The smallest absolute Gasteiger partial charge is 0.301 e. The topological polar surface area (TPSA) is 69.6 Å². The van der Waals surface area contributed by atoms with Gasteiger partial charge in [-0.05, 0) is 43.4 Å². The molecule has 1 heterocycles. The summed E-state index contributed by atoms with van der Waals surface area (Å²) in [5.41, 5.74) is 1.28. The number of aliphatic hydroxyl groups excluding tert-OH is 1. The van der Waals surface area contributed by atoms with Gasteiger partial charge in [0.2, 0.25) is 0 Å². The summed E-state index contributed by atoms with van der Waals surface area (Å²) in [4.78, 5) is 0. The number of hydrogen-bond donors (Lipinski definition) is 2. The molecule has 1 saturated heterocycles. The van der Waals surface area contributed by atoms with Crippen LogP contribution >= 0.6 is 0 Å². The van der Waals surface area contributed by atoms with Crippen LogP contribution in [0.3, 0.4) is 0 Å². The van der Waals surface area contributed by atoms with Crippen LogP contribution in [0.2, 0.25) is 0 Å². The van der Waals surface area contributed by atoms with Crippen LogP contribution in [0.1, 0.15) is 38.4 Å². The minimum Gasteiger partial charge on any atom is -0.389 e. The summed E-state index contributed by atoms with van der Waals surface area (Å²) in [7, 11) is -3.48. The largest absolute Gasteiger partial charge is 0.389 e. The van der Waals surface area contributed by atoms with Gasteiger partial charge >= 0.3 is 10.2 Å². The number of benzene rings is 1. The molecule has 6 heteroatoms. The minimum absolute atomic E-state index is 0.401. The van der Waals surface area contributed by atoms with Crippen molar-refractivity contribution in [3.8, 4) is 0 Å². The van der Waals surface area contributed by atoms with Crippen LogP contribution in [0.5, 0.6) is 0 Å². The fourth-order valence-electron chi connectivity index (χ4n) is 2.41. The van der Waals surface area contributed by atoms with Gasteiger partial charge in [-0.25, -0.2) is 0 Å². The predicted molar refractivity (Wildman–Crippen MR) is 79.6 cm³/mol. The Morgan fingerprint density at radius 3 is 2.55 bits per heavy atom. The first kappa shape index (κ1) is 15.3. The second-order valence-electron chi connectivity index (χ2n) is 5.51. The molecule has 0 amide bonds. The van der Waals surface area contributed by atoms with Crippen LogP contribution < -0.4 is 4.72 Å². The molecule has 0 saturated carbocycles. The summed E-state index contributed by atoms with van der Waals surface area (Å²) in [6, 6.07) is 6.79.